The van der Waals surface area contributed by atoms with Gasteiger partial charge in [0.25, 0.3) is 5.91 Å². The SMILES string of the molecule is Cc1ccc(C(=O)Nc2nc(C(=O)O)cs2)cc1. The number of thiazole rings is 1. The molecule has 0 aliphatic rings. The van der Waals surface area contributed by atoms with Crippen LogP contribution in [-0.4, -0.2) is 22.0 Å². The Balaban J connectivity index is 2.11. The molecule has 1 aromatic heterocycles. The summed E-state index contributed by atoms with van der Waals surface area (Å²) in [7, 11) is 0. The summed E-state index contributed by atoms with van der Waals surface area (Å²) >= 11 is 1.08. The summed E-state index contributed by atoms with van der Waals surface area (Å²) in [5.74, 6) is -1.41. The molecule has 1 amide bonds. The lowest BCUT2D eigenvalue weighted by Gasteiger charge is -2.01. The molecule has 1 aromatic carbocycles. The fraction of sp³-hybridized carbons (Fsp3) is 0.0833. The molecule has 0 radical (unpaired) electrons. The van der Waals surface area contributed by atoms with Crippen molar-refractivity contribution in [3.63, 3.8) is 0 Å². The standard InChI is InChI=1S/C12H10N2O3S/c1-7-2-4-8(5-3-7)10(15)14-12-13-9(6-18-12)11(16)17/h2-6H,1H3,(H,16,17)(H,13,14,15). The maximum Gasteiger partial charge on any atom is 0.355 e. The van der Waals surface area contributed by atoms with E-state index in [0.29, 0.717) is 5.56 Å². The molecule has 92 valence electrons. The third-order valence-electron chi connectivity index (χ3n) is 2.26. The van der Waals surface area contributed by atoms with Crippen LogP contribution in [0.5, 0.6) is 0 Å². The molecule has 0 atom stereocenters. The van der Waals surface area contributed by atoms with Gasteiger partial charge in [-0.2, -0.15) is 0 Å². The number of anilines is 1. The molecule has 2 aromatic rings. The van der Waals surface area contributed by atoms with E-state index < -0.39 is 5.97 Å². The number of carbonyl (C=O) groups excluding carboxylic acids is 1. The van der Waals surface area contributed by atoms with Crippen LogP contribution >= 0.6 is 11.3 Å². The van der Waals surface area contributed by atoms with Crippen LogP contribution in [0.15, 0.2) is 29.6 Å². The van der Waals surface area contributed by atoms with Gasteiger partial charge in [-0.3, -0.25) is 10.1 Å². The van der Waals surface area contributed by atoms with Crippen LogP contribution in [0.4, 0.5) is 5.13 Å². The summed E-state index contributed by atoms with van der Waals surface area (Å²) < 4.78 is 0. The summed E-state index contributed by atoms with van der Waals surface area (Å²) in [5, 5.41) is 12.9. The van der Waals surface area contributed by atoms with E-state index in [-0.39, 0.29) is 16.7 Å². The van der Waals surface area contributed by atoms with Gasteiger partial charge in [-0.15, -0.1) is 11.3 Å². The third-order valence-corrected chi connectivity index (χ3v) is 3.02. The molecule has 5 nitrogen and oxygen atoms in total. The highest BCUT2D eigenvalue weighted by Gasteiger charge is 2.11. The zero-order chi connectivity index (χ0) is 13.1. The number of carboxylic acid groups (broad SMARTS) is 1. The largest absolute Gasteiger partial charge is 0.476 e. The fourth-order valence-electron chi connectivity index (χ4n) is 1.30. The Morgan fingerprint density at radius 2 is 1.94 bits per heavy atom. The van der Waals surface area contributed by atoms with Crippen molar-refractivity contribution in [2.75, 3.05) is 5.32 Å². The first-order valence-electron chi connectivity index (χ1n) is 5.13. The van der Waals surface area contributed by atoms with Crippen LogP contribution in [0.3, 0.4) is 0 Å². The number of aromatic carboxylic acids is 1. The number of amides is 1. The molecule has 0 saturated heterocycles. The zero-order valence-electron chi connectivity index (χ0n) is 9.51. The lowest BCUT2D eigenvalue weighted by Crippen LogP contribution is -2.11. The van der Waals surface area contributed by atoms with E-state index in [4.69, 9.17) is 5.11 Å². The van der Waals surface area contributed by atoms with Crippen molar-refractivity contribution in [2.24, 2.45) is 0 Å². The molecule has 2 rings (SSSR count). The minimum Gasteiger partial charge on any atom is -0.476 e. The average molecular weight is 262 g/mol. The number of rotatable bonds is 3. The Morgan fingerprint density at radius 3 is 2.50 bits per heavy atom. The van der Waals surface area contributed by atoms with Crippen molar-refractivity contribution in [3.8, 4) is 0 Å². The van der Waals surface area contributed by atoms with Crippen molar-refractivity contribution in [2.45, 2.75) is 6.92 Å². The Kier molecular flexibility index (Phi) is 3.38. The van der Waals surface area contributed by atoms with Crippen LogP contribution in [0.2, 0.25) is 0 Å². The Morgan fingerprint density at radius 1 is 1.28 bits per heavy atom. The lowest BCUT2D eigenvalue weighted by molar-refractivity contribution is 0.0691. The van der Waals surface area contributed by atoms with Gasteiger partial charge >= 0.3 is 5.97 Å². The number of hydrogen-bond donors (Lipinski definition) is 2. The first kappa shape index (κ1) is 12.3. The van der Waals surface area contributed by atoms with E-state index in [1.54, 1.807) is 12.1 Å². The first-order valence-corrected chi connectivity index (χ1v) is 6.01. The number of hydrogen-bond acceptors (Lipinski definition) is 4. The summed E-state index contributed by atoms with van der Waals surface area (Å²) in [4.78, 5) is 26.2. The zero-order valence-corrected chi connectivity index (χ0v) is 10.3. The summed E-state index contributed by atoms with van der Waals surface area (Å²) in [6, 6.07) is 7.08. The van der Waals surface area contributed by atoms with E-state index in [1.165, 1.54) is 5.38 Å². The van der Waals surface area contributed by atoms with Crippen molar-refractivity contribution < 1.29 is 14.7 Å². The van der Waals surface area contributed by atoms with Crippen molar-refractivity contribution in [1.29, 1.82) is 0 Å². The Bertz CT molecular complexity index is 590. The van der Waals surface area contributed by atoms with Crippen LogP contribution in [0.25, 0.3) is 0 Å². The molecule has 0 aliphatic carbocycles. The van der Waals surface area contributed by atoms with Gasteiger partial charge in [0.05, 0.1) is 0 Å². The summed E-state index contributed by atoms with van der Waals surface area (Å²) in [6.07, 6.45) is 0. The molecular formula is C12H10N2O3S. The molecule has 18 heavy (non-hydrogen) atoms. The van der Waals surface area contributed by atoms with Crippen LogP contribution < -0.4 is 5.32 Å². The van der Waals surface area contributed by atoms with E-state index in [0.717, 1.165) is 16.9 Å². The predicted molar refractivity (Wildman–Crippen MR) is 68.2 cm³/mol. The van der Waals surface area contributed by atoms with E-state index in [9.17, 15) is 9.59 Å². The van der Waals surface area contributed by atoms with Gasteiger partial charge in [-0.25, -0.2) is 9.78 Å². The van der Waals surface area contributed by atoms with Gasteiger partial charge in [-0.05, 0) is 19.1 Å². The van der Waals surface area contributed by atoms with Gasteiger partial charge in [0.2, 0.25) is 0 Å². The molecule has 1 heterocycles. The summed E-state index contributed by atoms with van der Waals surface area (Å²) in [5.41, 5.74) is 1.50. The van der Waals surface area contributed by atoms with Gasteiger partial charge in [0.1, 0.15) is 0 Å². The van der Waals surface area contributed by atoms with E-state index >= 15 is 0 Å². The van der Waals surface area contributed by atoms with Crippen molar-refractivity contribution in [1.82, 2.24) is 4.98 Å². The number of nitrogens with zero attached hydrogens (tertiary/aromatic N) is 1. The normalized spacial score (nSPS) is 10.1. The Hall–Kier alpha value is -2.21. The first-order chi connectivity index (χ1) is 8.56. The second-order valence-electron chi connectivity index (χ2n) is 3.66. The number of carbonyl (C=O) groups is 2. The molecule has 0 spiro atoms. The minimum atomic E-state index is -1.11. The highest BCUT2D eigenvalue weighted by Crippen LogP contribution is 2.16. The quantitative estimate of drug-likeness (QED) is 0.890. The fourth-order valence-corrected chi connectivity index (χ4v) is 1.98. The maximum atomic E-state index is 11.8. The number of benzene rings is 1. The predicted octanol–water partition coefficient (Wildman–Crippen LogP) is 2.40. The van der Waals surface area contributed by atoms with Crippen LogP contribution in [0, 0.1) is 6.92 Å². The van der Waals surface area contributed by atoms with Crippen LogP contribution in [0.1, 0.15) is 26.4 Å². The van der Waals surface area contributed by atoms with Gasteiger partial charge in [0.15, 0.2) is 10.8 Å². The molecule has 0 aliphatic heterocycles. The second-order valence-corrected chi connectivity index (χ2v) is 4.52. The highest BCUT2D eigenvalue weighted by atomic mass is 32.1. The maximum absolute atomic E-state index is 11.8. The highest BCUT2D eigenvalue weighted by molar-refractivity contribution is 7.14. The monoisotopic (exact) mass is 262 g/mol. The Labute approximate surface area is 107 Å². The number of nitrogens with one attached hydrogen (secondary N) is 1. The van der Waals surface area contributed by atoms with E-state index in [2.05, 4.69) is 10.3 Å². The molecular weight excluding hydrogens is 252 g/mol. The molecule has 0 saturated carbocycles. The van der Waals surface area contributed by atoms with Crippen molar-refractivity contribution in [3.05, 3.63) is 46.5 Å². The van der Waals surface area contributed by atoms with Gasteiger partial charge in [0, 0.05) is 10.9 Å². The molecule has 2 N–H and O–H groups in total. The molecule has 0 unspecified atom stereocenters. The number of aromatic nitrogens is 1. The molecule has 0 fully saturated rings. The topological polar surface area (TPSA) is 79.3 Å². The number of aryl methyl sites for hydroxylation is 1. The van der Waals surface area contributed by atoms with Crippen LogP contribution in [-0.2, 0) is 0 Å². The van der Waals surface area contributed by atoms with Gasteiger partial charge in [-0.1, -0.05) is 17.7 Å². The summed E-state index contributed by atoms with van der Waals surface area (Å²) in [6.45, 7) is 1.93. The smallest absolute Gasteiger partial charge is 0.355 e. The van der Waals surface area contributed by atoms with Crippen molar-refractivity contribution >= 4 is 28.3 Å². The molecule has 6 heteroatoms. The second kappa shape index (κ2) is 4.97. The lowest BCUT2D eigenvalue weighted by atomic mass is 10.1. The van der Waals surface area contributed by atoms with Gasteiger partial charge < -0.3 is 5.11 Å². The van der Waals surface area contributed by atoms with E-state index in [1.807, 2.05) is 19.1 Å². The average Bonchev–Trinajstić information content (AvgIpc) is 2.78. The third kappa shape index (κ3) is 2.72. The molecule has 0 bridgehead atoms. The minimum absolute atomic E-state index is 0.0702. The number of carboxylic acids is 1.